The predicted octanol–water partition coefficient (Wildman–Crippen LogP) is 1.22. The van der Waals surface area contributed by atoms with Crippen LogP contribution in [0.4, 0.5) is 8.78 Å². The molecule has 0 saturated carbocycles. The van der Waals surface area contributed by atoms with Gasteiger partial charge in [-0.2, -0.15) is 0 Å². The highest BCUT2D eigenvalue weighted by Crippen LogP contribution is 2.13. The van der Waals surface area contributed by atoms with Crippen molar-refractivity contribution < 1.29 is 18.4 Å². The van der Waals surface area contributed by atoms with Crippen LogP contribution in [-0.4, -0.2) is 43.8 Å². The van der Waals surface area contributed by atoms with E-state index in [0.717, 1.165) is 12.1 Å². The molecule has 1 rings (SSSR count). The fraction of sp³-hybridized carbons (Fsp3) is 0.385. The van der Waals surface area contributed by atoms with Crippen molar-refractivity contribution in [3.05, 3.63) is 35.4 Å². The summed E-state index contributed by atoms with van der Waals surface area (Å²) < 4.78 is 26.8. The topological polar surface area (TPSA) is 49.4 Å². The number of Topliss-reactive ketones (excluding diaryl/α,β-unsaturated/α-hetero) is 1. The Morgan fingerprint density at radius 3 is 2.37 bits per heavy atom. The first-order valence-electron chi connectivity index (χ1n) is 5.82. The number of amides is 1. The van der Waals surface area contributed by atoms with Gasteiger partial charge in [-0.15, -0.1) is 0 Å². The lowest BCUT2D eigenvalue weighted by molar-refractivity contribution is -0.120. The molecule has 0 fully saturated rings. The molecular weight excluding hydrogens is 254 g/mol. The molecular formula is C13H16F2N2O2. The lowest BCUT2D eigenvalue weighted by atomic mass is 10.1. The summed E-state index contributed by atoms with van der Waals surface area (Å²) in [5.74, 6) is -2.54. The van der Waals surface area contributed by atoms with Gasteiger partial charge in [0.2, 0.25) is 5.91 Å². The molecule has 0 aliphatic rings. The zero-order valence-electron chi connectivity index (χ0n) is 10.9. The molecule has 19 heavy (non-hydrogen) atoms. The fourth-order valence-corrected chi connectivity index (χ4v) is 1.58. The standard InChI is InChI=1S/C13H16F2N2O2/c1-16-12(19)6-7-17(2)8-11(18)13-9(14)4-3-5-10(13)15/h3-5H,6-8H2,1-2H3,(H,16,19). The molecule has 0 spiro atoms. The van der Waals surface area contributed by atoms with Crippen molar-refractivity contribution in [1.82, 2.24) is 10.2 Å². The van der Waals surface area contributed by atoms with Gasteiger partial charge in [0.05, 0.1) is 12.1 Å². The van der Waals surface area contributed by atoms with Crippen molar-refractivity contribution in [3.63, 3.8) is 0 Å². The second kappa shape index (κ2) is 6.94. The molecule has 6 heteroatoms. The number of likely N-dealkylation sites (N-methyl/N-ethyl adjacent to an activating group) is 1. The SMILES string of the molecule is CNC(=O)CCN(C)CC(=O)c1c(F)cccc1F. The van der Waals surface area contributed by atoms with Gasteiger partial charge in [-0.25, -0.2) is 8.78 Å². The summed E-state index contributed by atoms with van der Waals surface area (Å²) in [6.07, 6.45) is 0.222. The fourth-order valence-electron chi connectivity index (χ4n) is 1.58. The smallest absolute Gasteiger partial charge is 0.221 e. The van der Waals surface area contributed by atoms with E-state index < -0.39 is 23.0 Å². The highest BCUT2D eigenvalue weighted by Gasteiger charge is 2.18. The molecule has 0 radical (unpaired) electrons. The van der Waals surface area contributed by atoms with Gasteiger partial charge in [-0.05, 0) is 19.2 Å². The Morgan fingerprint density at radius 2 is 1.84 bits per heavy atom. The number of ketones is 1. The lowest BCUT2D eigenvalue weighted by Crippen LogP contribution is -2.31. The van der Waals surface area contributed by atoms with Crippen LogP contribution in [0.25, 0.3) is 0 Å². The van der Waals surface area contributed by atoms with Crippen molar-refractivity contribution in [2.45, 2.75) is 6.42 Å². The summed E-state index contributed by atoms with van der Waals surface area (Å²) in [4.78, 5) is 24.4. The molecule has 0 saturated heterocycles. The van der Waals surface area contributed by atoms with Crippen LogP contribution in [-0.2, 0) is 4.79 Å². The molecule has 1 amide bonds. The molecule has 104 valence electrons. The first kappa shape index (κ1) is 15.2. The summed E-state index contributed by atoms with van der Waals surface area (Å²) in [7, 11) is 3.13. The van der Waals surface area contributed by atoms with Crippen molar-refractivity contribution in [2.24, 2.45) is 0 Å². The molecule has 0 aliphatic carbocycles. The van der Waals surface area contributed by atoms with Crippen LogP contribution in [0, 0.1) is 11.6 Å². The predicted molar refractivity (Wildman–Crippen MR) is 66.9 cm³/mol. The number of halogens is 2. The number of nitrogens with zero attached hydrogens (tertiary/aromatic N) is 1. The normalized spacial score (nSPS) is 10.6. The van der Waals surface area contributed by atoms with Gasteiger partial charge >= 0.3 is 0 Å². The molecule has 0 aliphatic heterocycles. The lowest BCUT2D eigenvalue weighted by Gasteiger charge is -2.15. The highest BCUT2D eigenvalue weighted by atomic mass is 19.1. The van der Waals surface area contributed by atoms with Crippen LogP contribution < -0.4 is 5.32 Å². The summed E-state index contributed by atoms with van der Waals surface area (Å²) in [5, 5.41) is 2.45. The molecule has 1 aromatic rings. The Kier molecular flexibility index (Phi) is 5.57. The van der Waals surface area contributed by atoms with Crippen LogP contribution >= 0.6 is 0 Å². The third kappa shape index (κ3) is 4.40. The van der Waals surface area contributed by atoms with Crippen LogP contribution in [0.15, 0.2) is 18.2 Å². The van der Waals surface area contributed by atoms with Crippen LogP contribution in [0.5, 0.6) is 0 Å². The number of benzene rings is 1. The van der Waals surface area contributed by atoms with E-state index in [0.29, 0.717) is 6.54 Å². The Labute approximate surface area is 110 Å². The van der Waals surface area contributed by atoms with E-state index in [4.69, 9.17) is 0 Å². The van der Waals surface area contributed by atoms with Gasteiger partial charge < -0.3 is 5.32 Å². The largest absolute Gasteiger partial charge is 0.359 e. The van der Waals surface area contributed by atoms with Crippen molar-refractivity contribution in [1.29, 1.82) is 0 Å². The molecule has 0 aromatic heterocycles. The number of rotatable bonds is 6. The van der Waals surface area contributed by atoms with E-state index in [1.165, 1.54) is 13.1 Å². The maximum atomic E-state index is 13.4. The van der Waals surface area contributed by atoms with E-state index >= 15 is 0 Å². The average Bonchev–Trinajstić information content (AvgIpc) is 2.35. The van der Waals surface area contributed by atoms with Crippen molar-refractivity contribution in [2.75, 3.05) is 27.2 Å². The quantitative estimate of drug-likeness (QED) is 0.791. The second-order valence-electron chi connectivity index (χ2n) is 4.18. The minimum Gasteiger partial charge on any atom is -0.359 e. The Hall–Kier alpha value is -1.82. The van der Waals surface area contributed by atoms with Crippen molar-refractivity contribution in [3.8, 4) is 0 Å². The van der Waals surface area contributed by atoms with Crippen LogP contribution in [0.1, 0.15) is 16.8 Å². The van der Waals surface area contributed by atoms with E-state index in [-0.39, 0.29) is 18.9 Å². The maximum absolute atomic E-state index is 13.4. The molecule has 0 bridgehead atoms. The van der Waals surface area contributed by atoms with Gasteiger partial charge in [0.15, 0.2) is 5.78 Å². The average molecular weight is 270 g/mol. The van der Waals surface area contributed by atoms with Gasteiger partial charge in [-0.3, -0.25) is 14.5 Å². The number of carbonyl (C=O) groups is 2. The van der Waals surface area contributed by atoms with Crippen LogP contribution in [0.2, 0.25) is 0 Å². The summed E-state index contributed by atoms with van der Waals surface area (Å²) >= 11 is 0. The third-order valence-corrected chi connectivity index (χ3v) is 2.65. The highest BCUT2D eigenvalue weighted by molar-refractivity contribution is 5.98. The first-order valence-corrected chi connectivity index (χ1v) is 5.82. The molecule has 1 N–H and O–H groups in total. The van der Waals surface area contributed by atoms with Gasteiger partial charge in [0, 0.05) is 20.0 Å². The first-order chi connectivity index (χ1) is 8.95. The minimum absolute atomic E-state index is 0.144. The molecule has 0 heterocycles. The molecule has 0 unspecified atom stereocenters. The summed E-state index contributed by atoms with van der Waals surface area (Å²) in [6.45, 7) is 0.191. The van der Waals surface area contributed by atoms with E-state index in [1.54, 1.807) is 11.9 Å². The monoisotopic (exact) mass is 270 g/mol. The molecule has 0 atom stereocenters. The molecule has 1 aromatic carbocycles. The minimum atomic E-state index is -0.871. The van der Waals surface area contributed by atoms with Crippen LogP contribution in [0.3, 0.4) is 0 Å². The zero-order valence-corrected chi connectivity index (χ0v) is 10.9. The van der Waals surface area contributed by atoms with E-state index in [2.05, 4.69) is 5.32 Å². The van der Waals surface area contributed by atoms with E-state index in [9.17, 15) is 18.4 Å². The van der Waals surface area contributed by atoms with Gasteiger partial charge in [-0.1, -0.05) is 6.07 Å². The second-order valence-corrected chi connectivity index (χ2v) is 4.18. The Morgan fingerprint density at radius 1 is 1.26 bits per heavy atom. The Balaban J connectivity index is 2.62. The Bertz CT molecular complexity index is 457. The number of hydrogen-bond donors (Lipinski definition) is 1. The van der Waals surface area contributed by atoms with E-state index in [1.807, 2.05) is 0 Å². The summed E-state index contributed by atoms with van der Waals surface area (Å²) in [6, 6.07) is 3.29. The summed E-state index contributed by atoms with van der Waals surface area (Å²) in [5.41, 5.74) is -0.533. The molecule has 4 nitrogen and oxygen atoms in total. The van der Waals surface area contributed by atoms with Gasteiger partial charge in [0.1, 0.15) is 11.6 Å². The third-order valence-electron chi connectivity index (χ3n) is 2.65. The number of carbonyl (C=O) groups excluding carboxylic acids is 2. The number of hydrogen-bond acceptors (Lipinski definition) is 3. The zero-order chi connectivity index (χ0) is 14.4. The van der Waals surface area contributed by atoms with Gasteiger partial charge in [0.25, 0.3) is 0 Å². The number of nitrogens with one attached hydrogen (secondary N) is 1. The maximum Gasteiger partial charge on any atom is 0.221 e. The van der Waals surface area contributed by atoms with Crippen molar-refractivity contribution >= 4 is 11.7 Å².